The summed E-state index contributed by atoms with van der Waals surface area (Å²) in [6.45, 7) is 7.27. The Morgan fingerprint density at radius 3 is 2.94 bits per heavy atom. The molecule has 1 heterocycles. The van der Waals surface area contributed by atoms with E-state index in [2.05, 4.69) is 24.1 Å². The van der Waals surface area contributed by atoms with E-state index >= 15 is 0 Å². The second-order valence-electron chi connectivity index (χ2n) is 5.12. The average molecular weight is 226 g/mol. The second-order valence-corrected chi connectivity index (χ2v) is 5.12. The summed E-state index contributed by atoms with van der Waals surface area (Å²) in [6, 6.07) is 0. The number of piperidine rings is 1. The molecular formula is C13H26N2O. The molecule has 1 rings (SSSR count). The maximum atomic E-state index is 12.0. The molecule has 0 aliphatic carbocycles. The zero-order chi connectivity index (χ0) is 12.0. The average Bonchev–Trinajstić information content (AvgIpc) is 2.29. The van der Waals surface area contributed by atoms with Crippen LogP contribution in [0.25, 0.3) is 0 Å². The quantitative estimate of drug-likeness (QED) is 0.776. The zero-order valence-electron chi connectivity index (χ0n) is 11.0. The molecule has 1 aliphatic rings. The lowest BCUT2D eigenvalue weighted by atomic mass is 9.96. The number of amides is 1. The predicted octanol–water partition coefficient (Wildman–Crippen LogP) is 1.88. The molecular weight excluding hydrogens is 200 g/mol. The third-order valence-electron chi connectivity index (χ3n) is 3.58. The van der Waals surface area contributed by atoms with Gasteiger partial charge in [-0.2, -0.15) is 0 Å². The highest BCUT2D eigenvalue weighted by Crippen LogP contribution is 2.18. The fraction of sp³-hybridized carbons (Fsp3) is 0.923. The largest absolute Gasteiger partial charge is 0.342 e. The van der Waals surface area contributed by atoms with E-state index in [9.17, 15) is 4.79 Å². The van der Waals surface area contributed by atoms with Gasteiger partial charge in [0.15, 0.2) is 0 Å². The van der Waals surface area contributed by atoms with E-state index in [0.717, 1.165) is 32.5 Å². The molecule has 2 unspecified atom stereocenters. The third-order valence-corrected chi connectivity index (χ3v) is 3.58. The SMILES string of the molecule is CCC(C)CC(=O)N1CCCC(CNC)C1. The summed E-state index contributed by atoms with van der Waals surface area (Å²) >= 11 is 0. The number of likely N-dealkylation sites (tertiary alicyclic amines) is 1. The van der Waals surface area contributed by atoms with Crippen molar-refractivity contribution in [1.82, 2.24) is 10.2 Å². The van der Waals surface area contributed by atoms with Crippen LogP contribution in [-0.2, 0) is 4.79 Å². The standard InChI is InChI=1S/C13H26N2O/c1-4-11(2)8-13(16)15-7-5-6-12(10-15)9-14-3/h11-12,14H,4-10H2,1-3H3. The van der Waals surface area contributed by atoms with Crippen molar-refractivity contribution in [2.24, 2.45) is 11.8 Å². The Morgan fingerprint density at radius 2 is 2.31 bits per heavy atom. The number of carbonyl (C=O) groups excluding carboxylic acids is 1. The van der Waals surface area contributed by atoms with E-state index in [1.165, 1.54) is 12.8 Å². The van der Waals surface area contributed by atoms with Crippen molar-refractivity contribution in [3.63, 3.8) is 0 Å². The normalized spacial score (nSPS) is 23.2. The molecule has 0 aromatic rings. The molecule has 1 aliphatic heterocycles. The molecule has 1 amide bonds. The highest BCUT2D eigenvalue weighted by molar-refractivity contribution is 5.76. The van der Waals surface area contributed by atoms with Gasteiger partial charge in [-0.05, 0) is 38.3 Å². The molecule has 3 nitrogen and oxygen atoms in total. The summed E-state index contributed by atoms with van der Waals surface area (Å²) in [4.78, 5) is 14.1. The van der Waals surface area contributed by atoms with Crippen LogP contribution in [-0.4, -0.2) is 37.5 Å². The Labute approximate surface area is 99.6 Å². The van der Waals surface area contributed by atoms with Gasteiger partial charge < -0.3 is 10.2 Å². The smallest absolute Gasteiger partial charge is 0.222 e. The van der Waals surface area contributed by atoms with Crippen molar-refractivity contribution in [1.29, 1.82) is 0 Å². The van der Waals surface area contributed by atoms with Crippen LogP contribution in [0.15, 0.2) is 0 Å². The first-order chi connectivity index (χ1) is 7.67. The van der Waals surface area contributed by atoms with Crippen molar-refractivity contribution in [3.8, 4) is 0 Å². The maximum absolute atomic E-state index is 12.0. The van der Waals surface area contributed by atoms with Gasteiger partial charge in [-0.15, -0.1) is 0 Å². The maximum Gasteiger partial charge on any atom is 0.222 e. The molecule has 0 saturated carbocycles. The molecule has 1 saturated heterocycles. The molecule has 16 heavy (non-hydrogen) atoms. The molecule has 94 valence electrons. The van der Waals surface area contributed by atoms with Crippen molar-refractivity contribution < 1.29 is 4.79 Å². The minimum atomic E-state index is 0.357. The Kier molecular flexibility index (Phi) is 5.81. The minimum absolute atomic E-state index is 0.357. The van der Waals surface area contributed by atoms with Crippen molar-refractivity contribution in [2.75, 3.05) is 26.7 Å². The summed E-state index contributed by atoms with van der Waals surface area (Å²) in [7, 11) is 1.99. The van der Waals surface area contributed by atoms with Crippen LogP contribution in [0.4, 0.5) is 0 Å². The Hall–Kier alpha value is -0.570. The second kappa shape index (κ2) is 6.89. The predicted molar refractivity (Wildman–Crippen MR) is 67.3 cm³/mol. The first kappa shape index (κ1) is 13.5. The summed E-state index contributed by atoms with van der Waals surface area (Å²) in [5.74, 6) is 1.53. The lowest BCUT2D eigenvalue weighted by molar-refractivity contribution is -0.133. The van der Waals surface area contributed by atoms with E-state index in [1.54, 1.807) is 0 Å². The van der Waals surface area contributed by atoms with Gasteiger partial charge in [-0.25, -0.2) is 0 Å². The summed E-state index contributed by atoms with van der Waals surface area (Å²) in [5.41, 5.74) is 0. The van der Waals surface area contributed by atoms with E-state index in [1.807, 2.05) is 7.05 Å². The lowest BCUT2D eigenvalue weighted by Crippen LogP contribution is -2.42. The molecule has 1 fully saturated rings. The van der Waals surface area contributed by atoms with Crippen molar-refractivity contribution in [2.45, 2.75) is 39.5 Å². The highest BCUT2D eigenvalue weighted by Gasteiger charge is 2.23. The van der Waals surface area contributed by atoms with Gasteiger partial charge >= 0.3 is 0 Å². The van der Waals surface area contributed by atoms with Crippen LogP contribution in [0.5, 0.6) is 0 Å². The number of carbonyl (C=O) groups is 1. The molecule has 0 bridgehead atoms. The molecule has 3 heteroatoms. The van der Waals surface area contributed by atoms with Crippen LogP contribution in [0.3, 0.4) is 0 Å². The Balaban J connectivity index is 2.37. The Morgan fingerprint density at radius 1 is 1.56 bits per heavy atom. The van der Waals surface area contributed by atoms with Gasteiger partial charge in [0.05, 0.1) is 0 Å². The Bertz CT molecular complexity index is 216. The van der Waals surface area contributed by atoms with E-state index in [4.69, 9.17) is 0 Å². The van der Waals surface area contributed by atoms with Gasteiger partial charge in [0.2, 0.25) is 5.91 Å². The molecule has 0 aromatic carbocycles. The van der Waals surface area contributed by atoms with E-state index in [0.29, 0.717) is 17.7 Å². The number of hydrogen-bond acceptors (Lipinski definition) is 2. The summed E-state index contributed by atoms with van der Waals surface area (Å²) in [5, 5.41) is 3.21. The zero-order valence-corrected chi connectivity index (χ0v) is 11.0. The monoisotopic (exact) mass is 226 g/mol. The fourth-order valence-electron chi connectivity index (χ4n) is 2.32. The van der Waals surface area contributed by atoms with Gasteiger partial charge in [-0.3, -0.25) is 4.79 Å². The van der Waals surface area contributed by atoms with Crippen molar-refractivity contribution in [3.05, 3.63) is 0 Å². The third kappa shape index (κ3) is 4.12. The number of nitrogens with one attached hydrogen (secondary N) is 1. The number of rotatable bonds is 5. The van der Waals surface area contributed by atoms with Crippen LogP contribution >= 0.6 is 0 Å². The molecule has 2 atom stereocenters. The molecule has 1 N–H and O–H groups in total. The number of hydrogen-bond donors (Lipinski definition) is 1. The fourth-order valence-corrected chi connectivity index (χ4v) is 2.32. The van der Waals surface area contributed by atoms with Crippen LogP contribution in [0.1, 0.15) is 39.5 Å². The van der Waals surface area contributed by atoms with E-state index in [-0.39, 0.29) is 0 Å². The first-order valence-corrected chi connectivity index (χ1v) is 6.59. The summed E-state index contributed by atoms with van der Waals surface area (Å²) in [6.07, 6.45) is 4.24. The first-order valence-electron chi connectivity index (χ1n) is 6.59. The van der Waals surface area contributed by atoms with Crippen LogP contribution in [0.2, 0.25) is 0 Å². The number of nitrogens with zero attached hydrogens (tertiary/aromatic N) is 1. The summed E-state index contributed by atoms with van der Waals surface area (Å²) < 4.78 is 0. The van der Waals surface area contributed by atoms with Crippen LogP contribution in [0, 0.1) is 11.8 Å². The van der Waals surface area contributed by atoms with Gasteiger partial charge in [-0.1, -0.05) is 20.3 Å². The highest BCUT2D eigenvalue weighted by atomic mass is 16.2. The molecule has 0 spiro atoms. The van der Waals surface area contributed by atoms with Crippen LogP contribution < -0.4 is 5.32 Å². The van der Waals surface area contributed by atoms with Gasteiger partial charge in [0.1, 0.15) is 0 Å². The van der Waals surface area contributed by atoms with Crippen molar-refractivity contribution >= 4 is 5.91 Å². The van der Waals surface area contributed by atoms with E-state index < -0.39 is 0 Å². The van der Waals surface area contributed by atoms with Gasteiger partial charge in [0, 0.05) is 19.5 Å². The molecule has 0 aromatic heterocycles. The topological polar surface area (TPSA) is 32.3 Å². The molecule has 0 radical (unpaired) electrons. The van der Waals surface area contributed by atoms with Gasteiger partial charge in [0.25, 0.3) is 0 Å². The lowest BCUT2D eigenvalue weighted by Gasteiger charge is -2.33. The minimum Gasteiger partial charge on any atom is -0.342 e.